The molecule has 0 saturated carbocycles. The molecule has 5 aromatic rings. The van der Waals surface area contributed by atoms with Crippen molar-refractivity contribution in [2.24, 2.45) is 0 Å². The average molecular weight is 653 g/mol. The largest absolute Gasteiger partial charge is 0.368 e. The Labute approximate surface area is 274 Å². The van der Waals surface area contributed by atoms with Gasteiger partial charge >= 0.3 is 0 Å². The van der Waals surface area contributed by atoms with Gasteiger partial charge in [-0.05, 0) is 77.7 Å². The van der Waals surface area contributed by atoms with Gasteiger partial charge in [0.15, 0.2) is 23.2 Å². The summed E-state index contributed by atoms with van der Waals surface area (Å²) in [6.07, 6.45) is 4.42. The maximum absolute atomic E-state index is 13.9. The van der Waals surface area contributed by atoms with E-state index in [0.717, 1.165) is 29.1 Å². The van der Waals surface area contributed by atoms with E-state index in [2.05, 4.69) is 4.90 Å². The van der Waals surface area contributed by atoms with Crippen molar-refractivity contribution in [2.75, 3.05) is 31.1 Å². The number of hydrogen-bond donors (Lipinski definition) is 0. The van der Waals surface area contributed by atoms with Crippen molar-refractivity contribution in [1.29, 1.82) is 0 Å². The smallest absolute Gasteiger partial charge is 0.290 e. The highest BCUT2D eigenvalue weighted by Crippen LogP contribution is 2.21. The average Bonchev–Trinajstić information content (AvgIpc) is 3.64. The number of carbonyl (C=O) groups excluding carboxylic acids is 3. The SMILES string of the molecule is O=C(CC(=O)c1cc(Cc2cc(F)c(F)c(F)c2)cn(Cc2ccccc2)c1=O)C(=O)N1CCN(c2ccc(-n3cccc3)cc2)CC1. The molecule has 0 bridgehead atoms. The summed E-state index contributed by atoms with van der Waals surface area (Å²) in [6.45, 7) is 1.62. The molecule has 0 spiro atoms. The molecule has 2 aromatic heterocycles. The molecule has 0 aliphatic carbocycles. The number of rotatable bonds is 10. The number of carbonyl (C=O) groups is 3. The van der Waals surface area contributed by atoms with Crippen molar-refractivity contribution < 1.29 is 27.6 Å². The molecule has 1 aliphatic rings. The molecule has 0 unspecified atom stereocenters. The zero-order valence-corrected chi connectivity index (χ0v) is 25.8. The molecule has 0 N–H and O–H groups in total. The fourth-order valence-electron chi connectivity index (χ4n) is 5.84. The Morgan fingerprint density at radius 2 is 1.31 bits per heavy atom. The van der Waals surface area contributed by atoms with Crippen LogP contribution in [0.1, 0.15) is 33.5 Å². The number of hydrogen-bond acceptors (Lipinski definition) is 5. The first-order valence-electron chi connectivity index (χ1n) is 15.4. The highest BCUT2D eigenvalue weighted by Gasteiger charge is 2.29. The number of halogens is 3. The molecule has 1 fully saturated rings. The van der Waals surface area contributed by atoms with Gasteiger partial charge in [0.05, 0.1) is 18.5 Å². The van der Waals surface area contributed by atoms with E-state index in [1.165, 1.54) is 21.7 Å². The van der Waals surface area contributed by atoms with Crippen LogP contribution in [0.25, 0.3) is 5.69 Å². The summed E-state index contributed by atoms with van der Waals surface area (Å²) in [5, 5.41) is 0. The number of benzene rings is 3. The first-order chi connectivity index (χ1) is 23.2. The Balaban J connectivity index is 1.15. The fourth-order valence-corrected chi connectivity index (χ4v) is 5.84. The third-order valence-electron chi connectivity index (χ3n) is 8.33. The molecular formula is C37H31F3N4O4. The Morgan fingerprint density at radius 1 is 0.688 bits per heavy atom. The van der Waals surface area contributed by atoms with Crippen LogP contribution in [0.3, 0.4) is 0 Å². The number of nitrogens with zero attached hydrogens (tertiary/aromatic N) is 4. The first-order valence-corrected chi connectivity index (χ1v) is 15.4. The Hall–Kier alpha value is -5.71. The van der Waals surface area contributed by atoms with Crippen LogP contribution >= 0.6 is 0 Å². The number of amides is 1. The molecular weight excluding hydrogens is 621 g/mol. The standard InChI is InChI=1S/C37H31F3N4O4/c38-31-20-26(21-32(39)35(31)40)18-27-19-30(36(47)44(24-27)23-25-6-2-1-3-7-25)33(45)22-34(46)37(48)43-16-14-42(15-17-43)29-10-8-28(9-11-29)41-12-4-5-13-41/h1-13,19-21,24H,14-18,22-23H2. The van der Waals surface area contributed by atoms with E-state index in [1.807, 2.05) is 53.4 Å². The van der Waals surface area contributed by atoms with Crippen molar-refractivity contribution in [1.82, 2.24) is 14.0 Å². The molecule has 1 aliphatic heterocycles. The lowest BCUT2D eigenvalue weighted by molar-refractivity contribution is -0.144. The van der Waals surface area contributed by atoms with Crippen LogP contribution in [0.4, 0.5) is 18.9 Å². The first kappa shape index (κ1) is 32.2. The van der Waals surface area contributed by atoms with Gasteiger partial charge in [0, 0.05) is 56.1 Å². The number of Topliss-reactive ketones (excluding diaryl/α,β-unsaturated/α-hetero) is 2. The van der Waals surface area contributed by atoms with Crippen LogP contribution < -0.4 is 10.5 Å². The van der Waals surface area contributed by atoms with Crippen molar-refractivity contribution in [3.05, 3.63) is 154 Å². The van der Waals surface area contributed by atoms with Crippen molar-refractivity contribution >= 4 is 23.2 Å². The van der Waals surface area contributed by atoms with Gasteiger partial charge in [-0.1, -0.05) is 30.3 Å². The number of ketones is 2. The van der Waals surface area contributed by atoms with E-state index in [-0.39, 0.29) is 37.2 Å². The minimum absolute atomic E-state index is 0.0756. The Bertz CT molecular complexity index is 2000. The Kier molecular flexibility index (Phi) is 9.38. The lowest BCUT2D eigenvalue weighted by Gasteiger charge is -2.35. The summed E-state index contributed by atoms with van der Waals surface area (Å²) in [6, 6.07) is 23.8. The molecule has 3 aromatic carbocycles. The molecule has 6 rings (SSSR count). The van der Waals surface area contributed by atoms with E-state index < -0.39 is 46.9 Å². The van der Waals surface area contributed by atoms with Crippen LogP contribution in [0.5, 0.6) is 0 Å². The molecule has 0 atom stereocenters. The Morgan fingerprint density at radius 3 is 1.96 bits per heavy atom. The van der Waals surface area contributed by atoms with Gasteiger partial charge in [0.1, 0.15) is 0 Å². The molecule has 1 amide bonds. The summed E-state index contributed by atoms with van der Waals surface area (Å²) in [7, 11) is 0. The van der Waals surface area contributed by atoms with Gasteiger partial charge in [-0.3, -0.25) is 19.2 Å². The summed E-state index contributed by atoms with van der Waals surface area (Å²) in [5.41, 5.74) is 2.14. The fraction of sp³-hybridized carbons (Fsp3) is 0.189. The zero-order chi connectivity index (χ0) is 33.8. The van der Waals surface area contributed by atoms with Crippen molar-refractivity contribution in [3.63, 3.8) is 0 Å². The predicted octanol–water partition coefficient (Wildman–Crippen LogP) is 5.19. The van der Waals surface area contributed by atoms with Gasteiger partial charge < -0.3 is 18.9 Å². The minimum atomic E-state index is -1.60. The zero-order valence-electron chi connectivity index (χ0n) is 25.8. The van der Waals surface area contributed by atoms with Gasteiger partial charge in [0.25, 0.3) is 11.5 Å². The maximum atomic E-state index is 13.9. The van der Waals surface area contributed by atoms with E-state index >= 15 is 0 Å². The maximum Gasteiger partial charge on any atom is 0.290 e. The second-order valence-corrected chi connectivity index (χ2v) is 11.6. The third kappa shape index (κ3) is 7.15. The number of anilines is 1. The van der Waals surface area contributed by atoms with Crippen LogP contribution in [-0.4, -0.2) is 57.7 Å². The van der Waals surface area contributed by atoms with E-state index in [1.54, 1.807) is 30.3 Å². The lowest BCUT2D eigenvalue weighted by Crippen LogP contribution is -2.51. The van der Waals surface area contributed by atoms with Crippen LogP contribution in [0.15, 0.2) is 108 Å². The van der Waals surface area contributed by atoms with Gasteiger partial charge in [-0.2, -0.15) is 0 Å². The van der Waals surface area contributed by atoms with Crippen LogP contribution in [0.2, 0.25) is 0 Å². The summed E-state index contributed by atoms with van der Waals surface area (Å²) in [4.78, 5) is 56.5. The highest BCUT2D eigenvalue weighted by molar-refractivity contribution is 6.40. The van der Waals surface area contributed by atoms with Gasteiger partial charge in [-0.25, -0.2) is 13.2 Å². The minimum Gasteiger partial charge on any atom is -0.368 e. The molecule has 1 saturated heterocycles. The summed E-state index contributed by atoms with van der Waals surface area (Å²) < 4.78 is 44.7. The quantitative estimate of drug-likeness (QED) is 0.0899. The van der Waals surface area contributed by atoms with Crippen LogP contribution in [-0.2, 0) is 22.6 Å². The van der Waals surface area contributed by atoms with Gasteiger partial charge in [0.2, 0.25) is 5.78 Å². The molecule has 3 heterocycles. The number of aromatic nitrogens is 2. The number of piperazine rings is 1. The topological polar surface area (TPSA) is 84.6 Å². The summed E-state index contributed by atoms with van der Waals surface area (Å²) >= 11 is 0. The molecule has 0 radical (unpaired) electrons. The molecule has 244 valence electrons. The molecule has 11 heteroatoms. The van der Waals surface area contributed by atoms with Gasteiger partial charge in [-0.15, -0.1) is 0 Å². The van der Waals surface area contributed by atoms with Crippen molar-refractivity contribution in [3.8, 4) is 5.69 Å². The lowest BCUT2D eigenvalue weighted by atomic mass is 10.0. The normalized spacial score (nSPS) is 13.1. The third-order valence-corrected chi connectivity index (χ3v) is 8.33. The number of pyridine rings is 1. The van der Waals surface area contributed by atoms with E-state index in [9.17, 15) is 32.3 Å². The predicted molar refractivity (Wildman–Crippen MR) is 174 cm³/mol. The van der Waals surface area contributed by atoms with E-state index in [4.69, 9.17) is 0 Å². The monoisotopic (exact) mass is 652 g/mol. The van der Waals surface area contributed by atoms with E-state index in [0.29, 0.717) is 18.7 Å². The second kappa shape index (κ2) is 14.0. The van der Waals surface area contributed by atoms with Crippen molar-refractivity contribution in [2.45, 2.75) is 19.4 Å². The highest BCUT2D eigenvalue weighted by atomic mass is 19.2. The molecule has 48 heavy (non-hydrogen) atoms. The summed E-state index contributed by atoms with van der Waals surface area (Å²) in [5.74, 6) is -6.92. The van der Waals surface area contributed by atoms with Crippen LogP contribution in [0, 0.1) is 17.5 Å². The molecule has 8 nitrogen and oxygen atoms in total. The second-order valence-electron chi connectivity index (χ2n) is 11.6.